The molecule has 2 aromatic heterocycles. The van der Waals surface area contributed by atoms with Crippen molar-refractivity contribution in [3.63, 3.8) is 0 Å². The van der Waals surface area contributed by atoms with Gasteiger partial charge in [0.15, 0.2) is 0 Å². The van der Waals surface area contributed by atoms with Gasteiger partial charge >= 0.3 is 0 Å². The summed E-state index contributed by atoms with van der Waals surface area (Å²) in [6.07, 6.45) is 0. The number of benzene rings is 9. The van der Waals surface area contributed by atoms with Crippen LogP contribution >= 0.6 is 0 Å². The molecule has 0 bridgehead atoms. The van der Waals surface area contributed by atoms with Gasteiger partial charge in [-0.1, -0.05) is 176 Å². The van der Waals surface area contributed by atoms with Crippen LogP contribution in [0.3, 0.4) is 0 Å². The molecular formula is C53H33NO. The van der Waals surface area contributed by atoms with Gasteiger partial charge in [0.2, 0.25) is 0 Å². The second-order valence-electron chi connectivity index (χ2n) is 14.3. The molecule has 0 unspecified atom stereocenters. The van der Waals surface area contributed by atoms with Gasteiger partial charge in [-0.3, -0.25) is 0 Å². The highest BCUT2D eigenvalue weighted by molar-refractivity contribution is 6.25. The number of pyridine rings is 1. The highest BCUT2D eigenvalue weighted by atomic mass is 16.3. The molecule has 0 saturated carbocycles. The predicted octanol–water partition coefficient (Wildman–Crippen LogP) is 14.8. The first-order chi connectivity index (χ1) is 27.2. The lowest BCUT2D eigenvalue weighted by atomic mass is 9.92. The van der Waals surface area contributed by atoms with Crippen LogP contribution in [0.5, 0.6) is 0 Å². The van der Waals surface area contributed by atoms with Crippen LogP contribution in [-0.2, 0) is 0 Å². The molecule has 0 radical (unpaired) electrons. The van der Waals surface area contributed by atoms with Crippen molar-refractivity contribution in [1.29, 1.82) is 0 Å². The molecule has 0 fully saturated rings. The molecule has 0 aliphatic carbocycles. The highest BCUT2D eigenvalue weighted by Crippen LogP contribution is 2.39. The monoisotopic (exact) mass is 699 g/mol. The molecule has 0 saturated heterocycles. The van der Waals surface area contributed by atoms with Crippen LogP contribution in [0.4, 0.5) is 0 Å². The zero-order valence-electron chi connectivity index (χ0n) is 29.9. The molecule has 0 N–H and O–H groups in total. The van der Waals surface area contributed by atoms with E-state index in [0.717, 1.165) is 66.7 Å². The molecule has 11 aromatic rings. The summed E-state index contributed by atoms with van der Waals surface area (Å²) >= 11 is 0. The first kappa shape index (κ1) is 31.3. The molecule has 55 heavy (non-hydrogen) atoms. The Bertz CT molecular complexity index is 3190. The van der Waals surface area contributed by atoms with E-state index in [4.69, 9.17) is 9.40 Å². The summed E-state index contributed by atoms with van der Waals surface area (Å²) < 4.78 is 6.36. The Hall–Kier alpha value is -7.29. The molecule has 0 spiro atoms. The van der Waals surface area contributed by atoms with E-state index in [9.17, 15) is 0 Å². The van der Waals surface area contributed by atoms with Gasteiger partial charge in [0.05, 0.1) is 11.4 Å². The van der Waals surface area contributed by atoms with Crippen molar-refractivity contribution < 1.29 is 4.42 Å². The molecule has 2 heterocycles. The fraction of sp³-hybridized carbons (Fsp3) is 0. The topological polar surface area (TPSA) is 26.0 Å². The quantitative estimate of drug-likeness (QED) is 0.167. The number of aromatic nitrogens is 1. The van der Waals surface area contributed by atoms with Crippen LogP contribution in [-0.4, -0.2) is 4.98 Å². The van der Waals surface area contributed by atoms with Gasteiger partial charge in [-0.15, -0.1) is 0 Å². The number of para-hydroxylation sites is 2. The Labute approximate surface area is 318 Å². The van der Waals surface area contributed by atoms with Crippen molar-refractivity contribution in [2.24, 2.45) is 0 Å². The van der Waals surface area contributed by atoms with Crippen LogP contribution < -0.4 is 0 Å². The van der Waals surface area contributed by atoms with Crippen molar-refractivity contribution in [2.75, 3.05) is 0 Å². The number of furan rings is 1. The van der Waals surface area contributed by atoms with E-state index in [1.807, 2.05) is 18.2 Å². The van der Waals surface area contributed by atoms with E-state index in [0.29, 0.717) is 0 Å². The molecule has 9 aromatic carbocycles. The first-order valence-electron chi connectivity index (χ1n) is 18.8. The Kier molecular flexibility index (Phi) is 7.21. The molecule has 0 amide bonds. The van der Waals surface area contributed by atoms with E-state index in [-0.39, 0.29) is 0 Å². The predicted molar refractivity (Wildman–Crippen MR) is 231 cm³/mol. The van der Waals surface area contributed by atoms with E-state index >= 15 is 0 Å². The summed E-state index contributed by atoms with van der Waals surface area (Å²) in [6.45, 7) is 0. The molecular weight excluding hydrogens is 667 g/mol. The second kappa shape index (κ2) is 12.7. The maximum Gasteiger partial charge on any atom is 0.143 e. The number of nitrogens with zero attached hydrogens (tertiary/aromatic N) is 1. The van der Waals surface area contributed by atoms with Gasteiger partial charge in [-0.05, 0) is 84.4 Å². The van der Waals surface area contributed by atoms with Crippen molar-refractivity contribution in [3.05, 3.63) is 200 Å². The fourth-order valence-corrected chi connectivity index (χ4v) is 8.34. The largest absolute Gasteiger partial charge is 0.455 e. The zero-order chi connectivity index (χ0) is 36.3. The van der Waals surface area contributed by atoms with Crippen LogP contribution in [0, 0.1) is 0 Å². The maximum atomic E-state index is 6.36. The zero-order valence-corrected chi connectivity index (χ0v) is 29.9. The molecule has 256 valence electrons. The van der Waals surface area contributed by atoms with E-state index in [1.165, 1.54) is 43.4 Å². The minimum Gasteiger partial charge on any atom is -0.455 e. The third-order valence-electron chi connectivity index (χ3n) is 11.1. The van der Waals surface area contributed by atoms with Crippen LogP contribution in [0.25, 0.3) is 110 Å². The Balaban J connectivity index is 0.975. The van der Waals surface area contributed by atoms with Gasteiger partial charge in [0, 0.05) is 27.5 Å². The molecule has 2 heteroatoms. The Morgan fingerprint density at radius 3 is 1.42 bits per heavy atom. The average molecular weight is 700 g/mol. The lowest BCUT2D eigenvalue weighted by molar-refractivity contribution is 0.670. The summed E-state index contributed by atoms with van der Waals surface area (Å²) in [5.41, 5.74) is 12.7. The lowest BCUT2D eigenvalue weighted by Crippen LogP contribution is -1.91. The Morgan fingerprint density at radius 1 is 0.273 bits per heavy atom. The van der Waals surface area contributed by atoms with Gasteiger partial charge in [0.25, 0.3) is 0 Å². The van der Waals surface area contributed by atoms with E-state index in [2.05, 4.69) is 182 Å². The smallest absolute Gasteiger partial charge is 0.143 e. The third-order valence-corrected chi connectivity index (χ3v) is 11.1. The number of hydrogen-bond acceptors (Lipinski definition) is 2. The number of rotatable bonds is 5. The third kappa shape index (κ3) is 5.30. The lowest BCUT2D eigenvalue weighted by Gasteiger charge is -2.13. The van der Waals surface area contributed by atoms with Gasteiger partial charge in [-0.2, -0.15) is 0 Å². The Morgan fingerprint density at radius 2 is 0.745 bits per heavy atom. The van der Waals surface area contributed by atoms with Crippen molar-refractivity contribution in [1.82, 2.24) is 4.98 Å². The minimum absolute atomic E-state index is 0.909. The van der Waals surface area contributed by atoms with Gasteiger partial charge < -0.3 is 4.42 Å². The van der Waals surface area contributed by atoms with E-state index < -0.39 is 0 Å². The second-order valence-corrected chi connectivity index (χ2v) is 14.3. The fourth-order valence-electron chi connectivity index (χ4n) is 8.34. The highest BCUT2D eigenvalue weighted by Gasteiger charge is 2.14. The SMILES string of the molecule is c1ccc(-c2cc(-c3ccc(-c4cccc5c4oc4ccccc45)cc3)cc(-c3ccc(-c4ccc5c6ccccc6c6ccccc6c5c4)cc3)n2)cc1. The van der Waals surface area contributed by atoms with Gasteiger partial charge in [-0.25, -0.2) is 4.98 Å². The minimum atomic E-state index is 0.909. The number of hydrogen-bond donors (Lipinski definition) is 0. The van der Waals surface area contributed by atoms with Crippen LogP contribution in [0.2, 0.25) is 0 Å². The van der Waals surface area contributed by atoms with Crippen LogP contribution in [0.1, 0.15) is 0 Å². The summed E-state index contributed by atoms with van der Waals surface area (Å²) in [5.74, 6) is 0. The molecule has 11 rings (SSSR count). The van der Waals surface area contributed by atoms with Crippen molar-refractivity contribution >= 4 is 54.3 Å². The summed E-state index contributed by atoms with van der Waals surface area (Å²) in [5, 5.41) is 9.99. The number of fused-ring (bicyclic) bond motifs is 9. The van der Waals surface area contributed by atoms with E-state index in [1.54, 1.807) is 0 Å². The standard InChI is InChI=1S/C53H33NO/c1-2-11-37(12-3-1)50-32-40(35-21-25-36(26-22-35)41-18-10-19-48-47-17-8-9-20-52(47)55-53(41)48)33-51(54-50)38-27-23-34(24-28-38)39-29-30-46-44-15-5-4-13-42(44)43-14-6-7-16-45(43)49(46)31-39/h1-33H. The maximum absolute atomic E-state index is 6.36. The molecule has 0 aliphatic heterocycles. The van der Waals surface area contributed by atoms with Crippen molar-refractivity contribution in [2.45, 2.75) is 0 Å². The van der Waals surface area contributed by atoms with Crippen molar-refractivity contribution in [3.8, 4) is 55.9 Å². The summed E-state index contributed by atoms with van der Waals surface area (Å²) in [4.78, 5) is 5.21. The molecule has 0 aliphatic rings. The van der Waals surface area contributed by atoms with Crippen LogP contribution in [0.15, 0.2) is 205 Å². The van der Waals surface area contributed by atoms with Gasteiger partial charge in [0.1, 0.15) is 11.2 Å². The summed E-state index contributed by atoms with van der Waals surface area (Å²) in [7, 11) is 0. The summed E-state index contributed by atoms with van der Waals surface area (Å²) in [6, 6.07) is 71.5. The molecule has 2 nitrogen and oxygen atoms in total. The first-order valence-corrected chi connectivity index (χ1v) is 18.8. The average Bonchev–Trinajstić information content (AvgIpc) is 3.66. The normalized spacial score (nSPS) is 11.6. The molecule has 0 atom stereocenters.